The number of hydrogen-bond donors (Lipinski definition) is 3. The van der Waals surface area contributed by atoms with Gasteiger partial charge in [-0.05, 0) is 78.9 Å². The number of nitrogens with two attached hydrogens (primary N) is 2. The Hall–Kier alpha value is -5.90. The second-order valence-corrected chi connectivity index (χ2v) is 10.3. The highest BCUT2D eigenvalue weighted by molar-refractivity contribution is 5.95. The number of hydrogen-bond acceptors (Lipinski definition) is 7. The molecular weight excluding hydrogens is 559 g/mol. The summed E-state index contributed by atoms with van der Waals surface area (Å²) in [5, 5.41) is 9.01. The Bertz CT molecular complexity index is 2040. The van der Waals surface area contributed by atoms with E-state index in [0.717, 1.165) is 64.5 Å². The summed E-state index contributed by atoms with van der Waals surface area (Å²) < 4.78 is 15.1. The quantitative estimate of drug-likeness (QED) is 0.221. The lowest BCUT2D eigenvalue weighted by Gasteiger charge is -2.12. The zero-order valence-corrected chi connectivity index (χ0v) is 23.4. The molecule has 5 N–H and O–H groups in total. The number of amides is 1. The minimum atomic E-state index is -1.17. The van der Waals surface area contributed by atoms with E-state index in [1.165, 1.54) is 17.5 Å². The first-order valence-corrected chi connectivity index (χ1v) is 13.9. The number of fused-ring (bicyclic) bond motifs is 2. The third-order valence-corrected chi connectivity index (χ3v) is 7.53. The Morgan fingerprint density at radius 2 is 1.73 bits per heavy atom. The maximum Gasteiger partial charge on any atom is 0.251 e. The van der Waals surface area contributed by atoms with Crippen LogP contribution in [0.15, 0.2) is 91.1 Å². The van der Waals surface area contributed by atoms with Gasteiger partial charge in [0, 0.05) is 17.4 Å². The Morgan fingerprint density at radius 1 is 0.932 bits per heavy atom. The Kier molecular flexibility index (Phi) is 7.55. The number of phenolic OH excluding ortho intramolecular Hbond substituents is 1. The van der Waals surface area contributed by atoms with Gasteiger partial charge in [-0.3, -0.25) is 14.2 Å². The number of benzene rings is 3. The second kappa shape index (κ2) is 11.8. The van der Waals surface area contributed by atoms with Gasteiger partial charge in [-0.1, -0.05) is 36.4 Å². The lowest BCUT2D eigenvalue weighted by molar-refractivity contribution is 0.0994. The van der Waals surface area contributed by atoms with Gasteiger partial charge in [0.25, 0.3) is 5.91 Å². The molecule has 3 aromatic carbocycles. The van der Waals surface area contributed by atoms with Crippen LogP contribution in [0.4, 0.5) is 10.2 Å². The van der Waals surface area contributed by atoms with Crippen molar-refractivity contribution in [2.75, 3.05) is 5.73 Å². The van der Waals surface area contributed by atoms with E-state index in [2.05, 4.69) is 39.9 Å². The molecule has 1 amide bonds. The highest BCUT2D eigenvalue weighted by Crippen LogP contribution is 2.33. The van der Waals surface area contributed by atoms with Crippen molar-refractivity contribution in [2.45, 2.75) is 19.3 Å². The largest absolute Gasteiger partial charge is 0.504 e. The second-order valence-electron chi connectivity index (χ2n) is 10.3. The fourth-order valence-corrected chi connectivity index (χ4v) is 5.32. The summed E-state index contributed by atoms with van der Waals surface area (Å²) in [6.45, 7) is 0. The standard InChI is InChI=1S/C26H21N5.C8H6FNO3/c27-24-21(10-5-15-28-24)25-30-23-14-13-22(18-6-2-1-3-7-18)29-26(23)31(25)20-12-11-17-8-4-9-19(17)16-20;9-6-5(8(10)13)2-1-4(3-11)7(6)12/h1-3,5-7,10-16H,4,8-9H2,(H2,27,28);1-3,12H,(H2,10,13). The number of pyridine rings is 2. The molecular formula is C34H27FN6O3. The maximum atomic E-state index is 13.0. The third kappa shape index (κ3) is 5.24. The summed E-state index contributed by atoms with van der Waals surface area (Å²) in [7, 11) is 0. The highest BCUT2D eigenvalue weighted by atomic mass is 19.1. The van der Waals surface area contributed by atoms with Crippen molar-refractivity contribution in [3.63, 3.8) is 0 Å². The van der Waals surface area contributed by atoms with Gasteiger partial charge in [0.1, 0.15) is 11.3 Å². The minimum absolute atomic E-state index is 0.220. The van der Waals surface area contributed by atoms with Crippen LogP contribution in [0, 0.1) is 5.82 Å². The van der Waals surface area contributed by atoms with E-state index in [4.69, 9.17) is 26.5 Å². The molecule has 0 atom stereocenters. The molecule has 9 nitrogen and oxygen atoms in total. The summed E-state index contributed by atoms with van der Waals surface area (Å²) in [4.78, 5) is 35.0. The van der Waals surface area contributed by atoms with E-state index in [1.807, 2.05) is 42.5 Å². The van der Waals surface area contributed by atoms with Crippen LogP contribution in [0.5, 0.6) is 5.75 Å². The van der Waals surface area contributed by atoms with Crippen molar-refractivity contribution in [3.8, 4) is 34.1 Å². The summed E-state index contributed by atoms with van der Waals surface area (Å²) in [6.07, 6.45) is 5.46. The third-order valence-electron chi connectivity index (χ3n) is 7.53. The molecule has 7 rings (SSSR count). The molecule has 0 spiro atoms. The number of aryl methyl sites for hydroxylation is 2. The number of nitrogens with zero attached hydrogens (tertiary/aromatic N) is 4. The van der Waals surface area contributed by atoms with E-state index in [1.54, 1.807) is 6.20 Å². The number of primary amides is 1. The lowest BCUT2D eigenvalue weighted by Crippen LogP contribution is -2.13. The van der Waals surface area contributed by atoms with Crippen LogP contribution in [0.3, 0.4) is 0 Å². The average Bonchev–Trinajstić information content (AvgIpc) is 3.67. The number of halogens is 1. The molecule has 0 bridgehead atoms. The van der Waals surface area contributed by atoms with Gasteiger partial charge in [0.15, 0.2) is 29.3 Å². The molecule has 1 aliphatic rings. The van der Waals surface area contributed by atoms with Crippen molar-refractivity contribution in [3.05, 3.63) is 119 Å². The van der Waals surface area contributed by atoms with Crippen molar-refractivity contribution in [2.24, 2.45) is 5.73 Å². The van der Waals surface area contributed by atoms with Gasteiger partial charge in [-0.15, -0.1) is 0 Å². The normalized spacial score (nSPS) is 11.9. The van der Waals surface area contributed by atoms with Gasteiger partial charge in [0.2, 0.25) is 0 Å². The number of imidazole rings is 1. The zero-order chi connectivity index (χ0) is 30.8. The van der Waals surface area contributed by atoms with Crippen molar-refractivity contribution in [1.82, 2.24) is 19.5 Å². The van der Waals surface area contributed by atoms with E-state index in [0.29, 0.717) is 5.82 Å². The molecule has 3 aromatic heterocycles. The highest BCUT2D eigenvalue weighted by Gasteiger charge is 2.20. The van der Waals surface area contributed by atoms with Gasteiger partial charge < -0.3 is 16.6 Å². The Balaban J connectivity index is 0.000000223. The Morgan fingerprint density at radius 3 is 2.48 bits per heavy atom. The van der Waals surface area contributed by atoms with E-state index < -0.39 is 23.0 Å². The summed E-state index contributed by atoms with van der Waals surface area (Å²) in [5.74, 6) is -1.80. The molecule has 6 aromatic rings. The number of phenols is 1. The van der Waals surface area contributed by atoms with Gasteiger partial charge >= 0.3 is 0 Å². The van der Waals surface area contributed by atoms with Crippen molar-refractivity contribution >= 4 is 29.2 Å². The first-order valence-electron chi connectivity index (χ1n) is 13.9. The predicted octanol–water partition coefficient (Wildman–Crippen LogP) is 5.66. The molecule has 0 aliphatic heterocycles. The molecule has 0 unspecified atom stereocenters. The molecule has 1 aliphatic carbocycles. The van der Waals surface area contributed by atoms with Crippen LogP contribution < -0.4 is 11.5 Å². The van der Waals surface area contributed by atoms with Crippen LogP contribution >= 0.6 is 0 Å². The van der Waals surface area contributed by atoms with Crippen LogP contribution in [0.1, 0.15) is 38.3 Å². The predicted molar refractivity (Wildman–Crippen MR) is 166 cm³/mol. The zero-order valence-electron chi connectivity index (χ0n) is 23.4. The van der Waals surface area contributed by atoms with Crippen molar-refractivity contribution < 1.29 is 19.1 Å². The summed E-state index contributed by atoms with van der Waals surface area (Å²) in [5.41, 5.74) is 18.7. The number of rotatable bonds is 5. The van der Waals surface area contributed by atoms with Crippen LogP contribution in [0.25, 0.3) is 39.5 Å². The van der Waals surface area contributed by atoms with E-state index >= 15 is 0 Å². The monoisotopic (exact) mass is 586 g/mol. The van der Waals surface area contributed by atoms with Crippen LogP contribution in [-0.2, 0) is 12.8 Å². The Labute approximate surface area is 251 Å². The number of aromatic nitrogens is 4. The lowest BCUT2D eigenvalue weighted by atomic mass is 10.1. The number of aldehydes is 1. The number of carbonyl (C=O) groups excluding carboxylic acids is 2. The van der Waals surface area contributed by atoms with E-state index in [9.17, 15) is 14.0 Å². The fourth-order valence-electron chi connectivity index (χ4n) is 5.32. The van der Waals surface area contributed by atoms with Gasteiger partial charge in [0.05, 0.1) is 22.4 Å². The van der Waals surface area contributed by atoms with Gasteiger partial charge in [-0.25, -0.2) is 19.3 Å². The van der Waals surface area contributed by atoms with Crippen molar-refractivity contribution in [1.29, 1.82) is 0 Å². The minimum Gasteiger partial charge on any atom is -0.504 e. The summed E-state index contributed by atoms with van der Waals surface area (Å²) >= 11 is 0. The smallest absolute Gasteiger partial charge is 0.251 e. The first-order chi connectivity index (χ1) is 21.4. The van der Waals surface area contributed by atoms with Gasteiger partial charge in [-0.2, -0.15) is 0 Å². The fraction of sp³-hybridized carbons (Fsp3) is 0.0882. The molecule has 0 fully saturated rings. The maximum absolute atomic E-state index is 13.0. The SMILES string of the molecule is NC(=O)c1ccc(C=O)c(O)c1F.Nc1ncccc1-c1nc2ccc(-c3ccccc3)nc2n1-c1ccc2c(c1)CCC2. The average molecular weight is 587 g/mol. The number of anilines is 1. The number of carbonyl (C=O) groups is 2. The molecule has 0 saturated carbocycles. The molecule has 44 heavy (non-hydrogen) atoms. The molecule has 10 heteroatoms. The molecule has 0 saturated heterocycles. The molecule has 0 radical (unpaired) electrons. The molecule has 218 valence electrons. The van der Waals surface area contributed by atoms with Crippen LogP contribution in [0.2, 0.25) is 0 Å². The number of aromatic hydroxyl groups is 1. The van der Waals surface area contributed by atoms with E-state index in [-0.39, 0.29) is 11.8 Å². The molecule has 3 heterocycles. The first kappa shape index (κ1) is 28.2. The topological polar surface area (TPSA) is 150 Å². The summed E-state index contributed by atoms with van der Waals surface area (Å²) in [6, 6.07) is 27.0. The number of nitrogen functional groups attached to an aromatic ring is 1. The van der Waals surface area contributed by atoms with Crippen LogP contribution in [-0.4, -0.2) is 36.8 Å².